The highest BCUT2D eigenvalue weighted by Crippen LogP contribution is 2.41. The summed E-state index contributed by atoms with van der Waals surface area (Å²) in [4.78, 5) is 31.3. The van der Waals surface area contributed by atoms with Gasteiger partial charge in [-0.2, -0.15) is 0 Å². The van der Waals surface area contributed by atoms with E-state index in [0.717, 1.165) is 16.5 Å². The van der Waals surface area contributed by atoms with Crippen molar-refractivity contribution >= 4 is 28.4 Å². The summed E-state index contributed by atoms with van der Waals surface area (Å²) in [6.45, 7) is 0.180. The van der Waals surface area contributed by atoms with Crippen LogP contribution in [0.2, 0.25) is 0 Å². The van der Waals surface area contributed by atoms with Gasteiger partial charge in [0.15, 0.2) is 11.5 Å². The summed E-state index contributed by atoms with van der Waals surface area (Å²) < 4.78 is 29.8. The first-order chi connectivity index (χ1) is 18.9. The van der Waals surface area contributed by atoms with E-state index >= 15 is 0 Å². The predicted molar refractivity (Wildman–Crippen MR) is 144 cm³/mol. The van der Waals surface area contributed by atoms with Gasteiger partial charge in [0.2, 0.25) is 0 Å². The number of aliphatic hydroxyl groups excluding tert-OH is 1. The van der Waals surface area contributed by atoms with Crippen LogP contribution in [0, 0.1) is 5.82 Å². The number of Topliss-reactive ketones (excluding diaryl/α,β-unsaturated/α-hetero) is 1. The van der Waals surface area contributed by atoms with E-state index in [9.17, 15) is 19.1 Å². The summed E-state index contributed by atoms with van der Waals surface area (Å²) in [6, 6.07) is 15.0. The maximum atomic E-state index is 13.8. The van der Waals surface area contributed by atoms with Crippen LogP contribution in [0.25, 0.3) is 16.7 Å². The van der Waals surface area contributed by atoms with Crippen molar-refractivity contribution in [2.75, 3.05) is 27.9 Å². The molecule has 9 heteroatoms. The summed E-state index contributed by atoms with van der Waals surface area (Å²) in [5.41, 5.74) is 2.54. The van der Waals surface area contributed by atoms with Gasteiger partial charge >= 0.3 is 0 Å². The highest BCUT2D eigenvalue weighted by atomic mass is 19.1. The van der Waals surface area contributed by atoms with Crippen molar-refractivity contribution in [3.8, 4) is 17.2 Å². The molecule has 0 saturated carbocycles. The van der Waals surface area contributed by atoms with E-state index in [1.54, 1.807) is 19.2 Å². The zero-order chi connectivity index (χ0) is 27.7. The highest BCUT2D eigenvalue weighted by molar-refractivity contribution is 6.46. The third-order valence-corrected chi connectivity index (χ3v) is 6.98. The van der Waals surface area contributed by atoms with Crippen molar-refractivity contribution in [2.45, 2.75) is 12.5 Å². The van der Waals surface area contributed by atoms with Crippen LogP contribution in [0.4, 0.5) is 4.39 Å². The summed E-state index contributed by atoms with van der Waals surface area (Å²) in [5.74, 6) is -0.888. The molecule has 200 valence electrons. The molecular weight excluding hydrogens is 503 g/mol. The van der Waals surface area contributed by atoms with Crippen LogP contribution in [0.3, 0.4) is 0 Å². The van der Waals surface area contributed by atoms with Crippen molar-refractivity contribution < 1.29 is 33.3 Å². The van der Waals surface area contributed by atoms with Crippen LogP contribution >= 0.6 is 0 Å². The van der Waals surface area contributed by atoms with E-state index < -0.39 is 23.5 Å². The van der Waals surface area contributed by atoms with Gasteiger partial charge in [0.1, 0.15) is 17.3 Å². The lowest BCUT2D eigenvalue weighted by molar-refractivity contribution is -0.139. The molecule has 1 amide bonds. The number of fused-ring (bicyclic) bond motifs is 1. The predicted octanol–water partition coefficient (Wildman–Crippen LogP) is 5.00. The van der Waals surface area contributed by atoms with Crippen molar-refractivity contribution in [1.82, 2.24) is 9.88 Å². The number of carbonyl (C=O) groups is 2. The van der Waals surface area contributed by atoms with Crippen molar-refractivity contribution in [3.63, 3.8) is 0 Å². The number of benzene rings is 3. The van der Waals surface area contributed by atoms with E-state index in [4.69, 9.17) is 14.2 Å². The summed E-state index contributed by atoms with van der Waals surface area (Å²) in [5, 5.41) is 12.3. The first kappa shape index (κ1) is 25.8. The molecule has 0 aliphatic carbocycles. The molecule has 1 atom stereocenters. The summed E-state index contributed by atoms with van der Waals surface area (Å²) >= 11 is 0. The number of amides is 1. The molecule has 39 heavy (non-hydrogen) atoms. The highest BCUT2D eigenvalue weighted by Gasteiger charge is 2.46. The molecule has 4 aromatic rings. The minimum atomic E-state index is -0.918. The quantitative estimate of drug-likeness (QED) is 0.189. The number of ketones is 1. The molecule has 1 saturated heterocycles. The lowest BCUT2D eigenvalue weighted by Crippen LogP contribution is -2.31. The fourth-order valence-electron chi connectivity index (χ4n) is 4.97. The molecule has 2 N–H and O–H groups in total. The van der Waals surface area contributed by atoms with Gasteiger partial charge in [-0.25, -0.2) is 4.39 Å². The van der Waals surface area contributed by atoms with Gasteiger partial charge in [0, 0.05) is 29.2 Å². The van der Waals surface area contributed by atoms with E-state index in [1.165, 1.54) is 49.5 Å². The number of ether oxygens (including phenoxy) is 3. The van der Waals surface area contributed by atoms with E-state index in [2.05, 4.69) is 4.98 Å². The summed E-state index contributed by atoms with van der Waals surface area (Å²) in [7, 11) is 4.54. The number of likely N-dealkylation sites (tertiary alicyclic amines) is 1. The Labute approximate surface area is 224 Å². The Hall–Kier alpha value is -4.79. The molecule has 1 fully saturated rings. The zero-order valence-electron chi connectivity index (χ0n) is 21.7. The number of aromatic amines is 1. The minimum absolute atomic E-state index is 0.0839. The third kappa shape index (κ3) is 4.67. The van der Waals surface area contributed by atoms with Crippen molar-refractivity contribution in [3.05, 3.63) is 94.9 Å². The standard InChI is InChI=1S/C30H27FN2O6/c1-37-21-9-10-23-22(15-21)19(16-32-23)12-13-33-27(17-4-7-20(31)8-5-17)26(29(35)30(33)36)28(34)18-6-11-24(38-2)25(14-18)39-3/h4-11,14-16,27,32,34H,12-13H2,1-3H3/t27-/m1/s1. The molecule has 2 heterocycles. The maximum absolute atomic E-state index is 13.8. The molecular formula is C30H27FN2O6. The molecule has 8 nitrogen and oxygen atoms in total. The number of nitrogens with one attached hydrogen (secondary N) is 1. The van der Waals surface area contributed by atoms with Gasteiger partial charge in [-0.15, -0.1) is 0 Å². The Bertz CT molecular complexity index is 1590. The molecule has 0 bridgehead atoms. The average Bonchev–Trinajstić information content (AvgIpc) is 3.48. The van der Waals surface area contributed by atoms with E-state index in [0.29, 0.717) is 29.2 Å². The number of carbonyl (C=O) groups excluding carboxylic acids is 2. The fourth-order valence-corrected chi connectivity index (χ4v) is 4.97. The van der Waals surface area contributed by atoms with Gasteiger partial charge in [0.25, 0.3) is 11.7 Å². The number of aromatic nitrogens is 1. The van der Waals surface area contributed by atoms with Crippen LogP contribution in [0.5, 0.6) is 17.2 Å². The summed E-state index contributed by atoms with van der Waals surface area (Å²) in [6.07, 6.45) is 2.28. The number of H-pyrrole nitrogens is 1. The van der Waals surface area contributed by atoms with Crippen molar-refractivity contribution in [2.24, 2.45) is 0 Å². The SMILES string of the molecule is COc1ccc2[nH]cc(CCN3C(=O)C(=O)C(=C(O)c4ccc(OC)c(OC)c4)[C@H]3c3ccc(F)cc3)c2c1. The molecule has 1 aromatic heterocycles. The van der Waals surface area contributed by atoms with Crippen LogP contribution < -0.4 is 14.2 Å². The number of hydrogen-bond acceptors (Lipinski definition) is 6. The van der Waals surface area contributed by atoms with E-state index in [-0.39, 0.29) is 23.4 Å². The second-order valence-electron chi connectivity index (χ2n) is 9.09. The molecule has 1 aliphatic heterocycles. The Morgan fingerprint density at radius 3 is 2.38 bits per heavy atom. The van der Waals surface area contributed by atoms with Gasteiger partial charge in [-0.3, -0.25) is 9.59 Å². The molecule has 0 radical (unpaired) electrons. The number of halogens is 1. The Morgan fingerprint density at radius 2 is 1.69 bits per heavy atom. The zero-order valence-corrected chi connectivity index (χ0v) is 21.7. The van der Waals surface area contributed by atoms with Gasteiger partial charge in [-0.05, 0) is 66.1 Å². The lowest BCUT2D eigenvalue weighted by atomic mass is 9.95. The average molecular weight is 531 g/mol. The van der Waals surface area contributed by atoms with Gasteiger partial charge in [-0.1, -0.05) is 12.1 Å². The van der Waals surface area contributed by atoms with Crippen LogP contribution in [-0.2, 0) is 16.0 Å². The molecule has 0 unspecified atom stereocenters. The number of aliphatic hydroxyl groups is 1. The van der Waals surface area contributed by atoms with Crippen LogP contribution in [0.1, 0.15) is 22.7 Å². The Kier molecular flexibility index (Phi) is 6.98. The van der Waals surface area contributed by atoms with Gasteiger partial charge in [0.05, 0.1) is 32.9 Å². The monoisotopic (exact) mass is 530 g/mol. The van der Waals surface area contributed by atoms with Crippen molar-refractivity contribution in [1.29, 1.82) is 0 Å². The van der Waals surface area contributed by atoms with Crippen LogP contribution in [0.15, 0.2) is 72.4 Å². The molecule has 3 aromatic carbocycles. The Morgan fingerprint density at radius 1 is 0.949 bits per heavy atom. The first-order valence-corrected chi connectivity index (χ1v) is 12.3. The number of methoxy groups -OCH3 is 3. The normalized spacial score (nSPS) is 16.6. The first-order valence-electron chi connectivity index (χ1n) is 12.3. The van der Waals surface area contributed by atoms with Crippen LogP contribution in [-0.4, -0.2) is 54.6 Å². The lowest BCUT2D eigenvalue weighted by Gasteiger charge is -2.25. The number of nitrogens with zero attached hydrogens (tertiary/aromatic N) is 1. The Balaban J connectivity index is 1.56. The topological polar surface area (TPSA) is 101 Å². The second kappa shape index (κ2) is 10.5. The van der Waals surface area contributed by atoms with Gasteiger partial charge < -0.3 is 29.2 Å². The van der Waals surface area contributed by atoms with E-state index in [1.807, 2.05) is 24.4 Å². The smallest absolute Gasteiger partial charge is 0.295 e. The second-order valence-corrected chi connectivity index (χ2v) is 9.09. The third-order valence-electron chi connectivity index (χ3n) is 6.98. The maximum Gasteiger partial charge on any atom is 0.295 e. The molecule has 0 spiro atoms. The minimum Gasteiger partial charge on any atom is -0.507 e. The molecule has 5 rings (SSSR count). The number of rotatable bonds is 8. The fraction of sp³-hybridized carbons (Fsp3) is 0.200. The largest absolute Gasteiger partial charge is 0.507 e. The molecule has 1 aliphatic rings. The number of hydrogen-bond donors (Lipinski definition) is 2.